The number of aliphatic hydroxyl groups is 19. The standard InChI is InChI=1S/C48H79N3O37/c1-12(58)49-23-15(61)4-47(45(74)75,86-38(23)26(64)17(63)6-52)85-20(9-55)29(67)39-24(50-13(2)59)16(62)5-48(87-39,46(76)77)88-40-28(66)19(8-54)80-44(34(40)72)84-37-25(51-14(3)60)42(79-18(7-53)27(37)65)82-36-22(11-57)81-43(33(71)31(36)69)83-35-21(10-56)78-41(73)32(70)30(35)68/h15-44,52-57,61-73H,4-11H2,1-3H3,(H,49,58)(H,50,59)(H,51,60)(H,74,75)(H,76,77)/t15-,16-,17+,18+,19+,20+,21+,22+,23+,24+,25+,26+,27-,28-,29+,30+,31-,32+,33+,34+,35+,36-,37+,38+,39+,40-,41+,42-,43-,44-,47+,48-/m0/s1. The molecule has 3 amide bonds. The van der Waals surface area contributed by atoms with Gasteiger partial charge in [-0.2, -0.15) is 0 Å². The molecule has 0 aromatic heterocycles. The zero-order valence-corrected chi connectivity index (χ0v) is 46.9. The van der Waals surface area contributed by atoms with Crippen molar-refractivity contribution in [1.29, 1.82) is 0 Å². The first-order valence-corrected chi connectivity index (χ1v) is 27.4. The number of carbonyl (C=O) groups is 5. The zero-order chi connectivity index (χ0) is 65.8. The fourth-order valence-electron chi connectivity index (χ4n) is 11.1. The number of aliphatic hydroxyl groups excluding tert-OH is 19. The number of nitrogens with one attached hydrogen (secondary N) is 3. The van der Waals surface area contributed by atoms with Gasteiger partial charge < -0.3 is 175 Å². The second-order valence-corrected chi connectivity index (χ2v) is 21.8. The van der Waals surface area contributed by atoms with E-state index in [0.29, 0.717) is 0 Å². The van der Waals surface area contributed by atoms with Gasteiger partial charge in [0.05, 0.1) is 63.9 Å². The molecule has 6 fully saturated rings. The highest BCUT2D eigenvalue weighted by Crippen LogP contribution is 2.41. The topological polar surface area (TPSA) is 648 Å². The Kier molecular flexibility index (Phi) is 25.6. The maximum atomic E-state index is 13.6. The average molecular weight is 1290 g/mol. The number of carboxylic acids is 2. The van der Waals surface area contributed by atoms with Crippen molar-refractivity contribution in [3.05, 3.63) is 0 Å². The summed E-state index contributed by atoms with van der Waals surface area (Å²) >= 11 is 0. The van der Waals surface area contributed by atoms with Gasteiger partial charge in [-0.1, -0.05) is 0 Å². The van der Waals surface area contributed by atoms with Crippen LogP contribution >= 0.6 is 0 Å². The Morgan fingerprint density at radius 2 is 0.875 bits per heavy atom. The molecule has 0 aliphatic carbocycles. The van der Waals surface area contributed by atoms with Gasteiger partial charge in [-0.05, 0) is 0 Å². The summed E-state index contributed by atoms with van der Waals surface area (Å²) in [6.45, 7) is -4.36. The molecule has 6 aliphatic rings. The monoisotopic (exact) mass is 1290 g/mol. The molecule has 40 heteroatoms. The Bertz CT molecular complexity index is 2320. The lowest BCUT2D eigenvalue weighted by Gasteiger charge is -2.52. The van der Waals surface area contributed by atoms with E-state index in [2.05, 4.69) is 16.0 Å². The first kappa shape index (κ1) is 73.2. The van der Waals surface area contributed by atoms with Gasteiger partial charge in [0.2, 0.25) is 17.7 Å². The molecule has 0 aromatic rings. The Balaban J connectivity index is 1.29. The van der Waals surface area contributed by atoms with Crippen LogP contribution in [0, 0.1) is 0 Å². The zero-order valence-electron chi connectivity index (χ0n) is 46.9. The van der Waals surface area contributed by atoms with Gasteiger partial charge in [0, 0.05) is 33.6 Å². The van der Waals surface area contributed by atoms with E-state index in [9.17, 15) is 131 Å². The molecule has 0 spiro atoms. The van der Waals surface area contributed by atoms with Crippen molar-refractivity contribution in [3.8, 4) is 0 Å². The van der Waals surface area contributed by atoms with Crippen LogP contribution in [0.1, 0.15) is 33.6 Å². The number of ether oxygens (including phenoxy) is 11. The molecule has 6 saturated heterocycles. The summed E-state index contributed by atoms with van der Waals surface area (Å²) in [6.07, 6.45) is -60.8. The second kappa shape index (κ2) is 30.7. The fourth-order valence-corrected chi connectivity index (χ4v) is 11.1. The van der Waals surface area contributed by atoms with Crippen LogP contribution in [0.3, 0.4) is 0 Å². The van der Waals surface area contributed by atoms with Crippen molar-refractivity contribution in [2.24, 2.45) is 0 Å². The van der Waals surface area contributed by atoms with Crippen LogP contribution in [0.5, 0.6) is 0 Å². The molecule has 40 nitrogen and oxygen atoms in total. The van der Waals surface area contributed by atoms with Gasteiger partial charge in [0.1, 0.15) is 134 Å². The van der Waals surface area contributed by atoms with Crippen molar-refractivity contribution in [3.63, 3.8) is 0 Å². The summed E-state index contributed by atoms with van der Waals surface area (Å²) in [7, 11) is 0. The van der Waals surface area contributed by atoms with Gasteiger partial charge in [-0.3, -0.25) is 14.4 Å². The minimum absolute atomic E-state index is 0.876. The molecule has 32 atom stereocenters. The van der Waals surface area contributed by atoms with Crippen LogP contribution in [-0.4, -0.2) is 372 Å². The lowest BCUT2D eigenvalue weighted by atomic mass is 9.87. The molecule has 0 saturated carbocycles. The number of rotatable bonds is 25. The summed E-state index contributed by atoms with van der Waals surface area (Å²) in [5, 5.41) is 234. The summed E-state index contributed by atoms with van der Waals surface area (Å²) < 4.78 is 62.4. The smallest absolute Gasteiger partial charge is 0.364 e. The molecule has 0 bridgehead atoms. The van der Waals surface area contributed by atoms with Crippen LogP contribution < -0.4 is 16.0 Å². The van der Waals surface area contributed by atoms with Gasteiger partial charge in [0.15, 0.2) is 25.2 Å². The minimum atomic E-state index is -3.50. The van der Waals surface area contributed by atoms with E-state index in [1.165, 1.54) is 0 Å². The van der Waals surface area contributed by atoms with Crippen molar-refractivity contribution in [1.82, 2.24) is 16.0 Å². The van der Waals surface area contributed by atoms with E-state index < -0.39 is 277 Å². The molecule has 0 unspecified atom stereocenters. The summed E-state index contributed by atoms with van der Waals surface area (Å²) in [5.74, 6) is -14.1. The van der Waals surface area contributed by atoms with Crippen LogP contribution in [-0.2, 0) is 76.1 Å². The van der Waals surface area contributed by atoms with Crippen molar-refractivity contribution in [2.75, 3.05) is 39.6 Å². The SMILES string of the molecule is CC(=O)N[C@H]1[C@H](O[C@@H]2[C@@H](O)[C@@H](O)[C@H](O[C@H]3[C@H](O)[C@@H](O)[C@H](O)O[C@@H]3CO)O[C@@H]2CO)O[C@H](CO)[C@H](O)[C@@H]1O[C@@H]1O[C@H](CO)[C@H](O)[C@H](O[C@]2(C(=O)O)C[C@H](O)[C@@H](NC(C)=O)[C@H]([C@H](O)[C@@H](CO)O[C@]3(C(=O)O)C[C@H](O)[C@@H](NC(C)=O)[C@H]([C@H](O)[C@H](O)CO)O3)O2)[C@H]1O. The third kappa shape index (κ3) is 15.6. The molecule has 88 heavy (non-hydrogen) atoms. The molecule has 24 N–H and O–H groups in total. The predicted molar refractivity (Wildman–Crippen MR) is 268 cm³/mol. The number of aliphatic carboxylic acids is 2. The Morgan fingerprint density at radius 1 is 0.466 bits per heavy atom. The minimum Gasteiger partial charge on any atom is -0.477 e. The summed E-state index contributed by atoms with van der Waals surface area (Å²) in [6, 6.07) is -5.67. The predicted octanol–water partition coefficient (Wildman–Crippen LogP) is -15.3. The Labute approximate surface area is 496 Å². The third-order valence-corrected chi connectivity index (χ3v) is 15.6. The number of hydrogen-bond donors (Lipinski definition) is 24. The molecule has 0 radical (unpaired) electrons. The van der Waals surface area contributed by atoms with Crippen LogP contribution in [0.15, 0.2) is 0 Å². The molecular weight excluding hydrogens is 1210 g/mol. The van der Waals surface area contributed by atoms with Crippen LogP contribution in [0.2, 0.25) is 0 Å². The molecule has 6 aliphatic heterocycles. The van der Waals surface area contributed by atoms with E-state index in [-0.39, 0.29) is 0 Å². The lowest BCUT2D eigenvalue weighted by Crippen LogP contribution is -2.72. The maximum Gasteiger partial charge on any atom is 0.364 e. The number of carbonyl (C=O) groups excluding carboxylic acids is 3. The van der Waals surface area contributed by atoms with Crippen molar-refractivity contribution >= 4 is 29.7 Å². The van der Waals surface area contributed by atoms with E-state index in [0.717, 1.165) is 20.8 Å². The molecule has 6 heterocycles. The van der Waals surface area contributed by atoms with Crippen LogP contribution in [0.4, 0.5) is 0 Å². The van der Waals surface area contributed by atoms with Crippen LogP contribution in [0.25, 0.3) is 0 Å². The summed E-state index contributed by atoms with van der Waals surface area (Å²) in [5.41, 5.74) is 0. The molecule has 0 aromatic carbocycles. The highest BCUT2D eigenvalue weighted by atomic mass is 16.8. The number of amides is 3. The molecule has 508 valence electrons. The Hall–Kier alpha value is -3.85. The lowest BCUT2D eigenvalue weighted by molar-refractivity contribution is -0.389. The maximum absolute atomic E-state index is 13.6. The third-order valence-electron chi connectivity index (χ3n) is 15.6. The van der Waals surface area contributed by atoms with Gasteiger partial charge in [-0.25, -0.2) is 9.59 Å². The number of hydrogen-bond acceptors (Lipinski definition) is 35. The van der Waals surface area contributed by atoms with E-state index in [4.69, 9.17) is 52.1 Å². The van der Waals surface area contributed by atoms with E-state index in [1.807, 2.05) is 0 Å². The van der Waals surface area contributed by atoms with Gasteiger partial charge in [0.25, 0.3) is 11.6 Å². The first-order chi connectivity index (χ1) is 41.3. The number of carboxylic acid groups (broad SMARTS) is 2. The average Bonchev–Trinajstić information content (AvgIpc) is 1.26. The molecular formula is C48H79N3O37. The van der Waals surface area contributed by atoms with Gasteiger partial charge >= 0.3 is 11.9 Å². The quantitative estimate of drug-likeness (QED) is 0.0404. The van der Waals surface area contributed by atoms with E-state index in [1.54, 1.807) is 0 Å². The summed E-state index contributed by atoms with van der Waals surface area (Å²) in [4.78, 5) is 64.2. The highest BCUT2D eigenvalue weighted by molar-refractivity contribution is 5.77. The van der Waals surface area contributed by atoms with E-state index >= 15 is 0 Å². The highest BCUT2D eigenvalue weighted by Gasteiger charge is 2.63. The van der Waals surface area contributed by atoms with Gasteiger partial charge in [-0.15, -0.1) is 0 Å². The molecule has 6 rings (SSSR count). The fraction of sp³-hybridized carbons (Fsp3) is 0.896. The first-order valence-electron chi connectivity index (χ1n) is 27.4. The second-order valence-electron chi connectivity index (χ2n) is 21.8. The Morgan fingerprint density at radius 3 is 1.36 bits per heavy atom. The van der Waals surface area contributed by atoms with Crippen molar-refractivity contribution < 1.29 is 183 Å². The largest absolute Gasteiger partial charge is 0.477 e. The normalized spacial score (nSPS) is 44.6. The van der Waals surface area contributed by atoms with Crippen molar-refractivity contribution in [2.45, 2.75) is 229 Å².